The highest BCUT2D eigenvalue weighted by Gasteiger charge is 2.37. The van der Waals surface area contributed by atoms with Crippen molar-refractivity contribution in [2.24, 2.45) is 28.9 Å². The minimum absolute atomic E-state index is 0.00311. The molecular formula is C77H103N21O15. The number of carbonyl (C=O) groups excluding carboxylic acids is 12. The van der Waals surface area contributed by atoms with Gasteiger partial charge in [-0.25, -0.2) is 4.98 Å². The monoisotopic (exact) mass is 1560 g/mol. The number of unbranched alkanes of at least 4 members (excludes halogenated alkanes) is 1. The first-order chi connectivity index (χ1) is 53.9. The van der Waals surface area contributed by atoms with E-state index in [9.17, 15) is 58.2 Å². The fraction of sp³-hybridized carbons (Fsp3) is 0.403. The zero-order valence-electron chi connectivity index (χ0n) is 63.1. The van der Waals surface area contributed by atoms with E-state index in [4.69, 9.17) is 33.8 Å². The van der Waals surface area contributed by atoms with Crippen LogP contribution in [0.4, 0.5) is 0 Å². The van der Waals surface area contributed by atoms with Gasteiger partial charge in [0.1, 0.15) is 60.1 Å². The van der Waals surface area contributed by atoms with Crippen LogP contribution in [0.1, 0.15) is 100 Å². The van der Waals surface area contributed by atoms with Gasteiger partial charge in [0.2, 0.25) is 70.9 Å². The highest BCUT2D eigenvalue weighted by Crippen LogP contribution is 2.19. The van der Waals surface area contributed by atoms with Crippen molar-refractivity contribution in [1.29, 1.82) is 10.8 Å². The zero-order valence-corrected chi connectivity index (χ0v) is 63.1. The number of guanidine groups is 2. The summed E-state index contributed by atoms with van der Waals surface area (Å²) in [7, 11) is 0. The largest absolute Gasteiger partial charge is 0.508 e. The van der Waals surface area contributed by atoms with E-state index < -0.39 is 175 Å². The third kappa shape index (κ3) is 31.5. The lowest BCUT2D eigenvalue weighted by Gasteiger charge is -2.28. The van der Waals surface area contributed by atoms with E-state index in [1.54, 1.807) is 117 Å². The number of carboxylic acids is 1. The molecule has 5 aromatic carbocycles. The molecule has 0 aliphatic rings. The molecule has 1 heterocycles. The molecule has 0 saturated heterocycles. The Labute approximate surface area is 652 Å². The second kappa shape index (κ2) is 45.8. The quantitative estimate of drug-likeness (QED) is 0.0112. The molecule has 113 heavy (non-hydrogen) atoms. The number of amides is 12. The fourth-order valence-corrected chi connectivity index (χ4v) is 11.9. The van der Waals surface area contributed by atoms with Crippen molar-refractivity contribution >= 4 is 99.5 Å². The summed E-state index contributed by atoms with van der Waals surface area (Å²) in [5.74, 6) is -13.8. The number of hydrogen-bond donors (Lipinski definition) is 22. The Bertz CT molecular complexity index is 4230. The molecule has 0 aliphatic carbocycles. The molecule has 0 saturated carbocycles. The van der Waals surface area contributed by atoms with Crippen LogP contribution in [0.15, 0.2) is 140 Å². The third-order valence-electron chi connectivity index (χ3n) is 17.9. The number of aromatic amines is 1. The van der Waals surface area contributed by atoms with Crippen molar-refractivity contribution in [2.75, 3.05) is 26.2 Å². The number of nitrogens with two attached hydrogens (primary N) is 4. The Hall–Kier alpha value is -13.0. The van der Waals surface area contributed by atoms with E-state index in [1.807, 2.05) is 19.1 Å². The Balaban J connectivity index is 1.26. The number of carboxylic acid groups (broad SMARTS) is 1. The molecule has 0 bridgehead atoms. The summed E-state index contributed by atoms with van der Waals surface area (Å²) >= 11 is 0. The number of imidazole rings is 1. The van der Waals surface area contributed by atoms with Crippen LogP contribution in [0.25, 0.3) is 10.8 Å². The molecule has 6 rings (SSSR count). The number of hydrogen-bond acceptors (Lipinski definition) is 18. The summed E-state index contributed by atoms with van der Waals surface area (Å²) < 4.78 is 0. The van der Waals surface area contributed by atoms with E-state index in [0.29, 0.717) is 46.2 Å². The van der Waals surface area contributed by atoms with Gasteiger partial charge in [0, 0.05) is 50.7 Å². The van der Waals surface area contributed by atoms with Crippen molar-refractivity contribution < 1.29 is 72.5 Å². The molecule has 36 heteroatoms. The first-order valence-corrected chi connectivity index (χ1v) is 36.9. The van der Waals surface area contributed by atoms with Crippen LogP contribution >= 0.6 is 0 Å². The molecular weight excluding hydrogens is 1460 g/mol. The molecule has 12 amide bonds. The third-order valence-corrected chi connectivity index (χ3v) is 17.9. The van der Waals surface area contributed by atoms with Gasteiger partial charge in [-0.2, -0.15) is 0 Å². The first kappa shape index (κ1) is 88.9. The second-order valence-corrected chi connectivity index (χ2v) is 27.4. The van der Waals surface area contributed by atoms with E-state index in [-0.39, 0.29) is 83.0 Å². The Morgan fingerprint density at radius 1 is 0.442 bits per heavy atom. The Morgan fingerprint density at radius 3 is 1.37 bits per heavy atom. The SMILES string of the molecule is CCCC[C@H](NC(=O)[C@@H](NC(=O)[C@@H](N)Cc1ccc(O)cc1)C(C)C)C(=O)NCC(=O)N[C@@H](Cc1cnc[nH]1)C(=O)N[C@H](Cc1ccccc1)C(=O)N[C@@H](CCCNC(=N)N)C(=O)N[C@H](Cc1ccc2ccccc2c1)C(=O)N[C@@H](CC(=O)O)C(=O)N[C@@H](CCCNC(=N)N)C(=O)N[C@@H](Cc1ccccc1)C(=O)NCC(N)=O. The molecule has 26 N–H and O–H groups in total. The summed E-state index contributed by atoms with van der Waals surface area (Å²) in [5, 5.41) is 70.7. The minimum Gasteiger partial charge on any atom is -0.508 e. The molecule has 10 atom stereocenters. The maximum atomic E-state index is 15.2. The molecule has 0 radical (unpaired) electrons. The van der Waals surface area contributed by atoms with Crippen molar-refractivity contribution in [3.8, 4) is 5.75 Å². The average Bonchev–Trinajstić information content (AvgIpc) is 1.07. The van der Waals surface area contributed by atoms with Crippen LogP contribution in [-0.2, 0) is 94.4 Å². The molecule has 36 nitrogen and oxygen atoms in total. The number of fused-ring (bicyclic) bond motifs is 1. The van der Waals surface area contributed by atoms with E-state index in [1.165, 1.54) is 24.7 Å². The first-order valence-electron chi connectivity index (χ1n) is 36.9. The fourth-order valence-electron chi connectivity index (χ4n) is 11.9. The van der Waals surface area contributed by atoms with Crippen molar-refractivity contribution in [3.63, 3.8) is 0 Å². The lowest BCUT2D eigenvalue weighted by molar-refractivity contribution is -0.141. The van der Waals surface area contributed by atoms with Gasteiger partial charge in [0.25, 0.3) is 0 Å². The Kier molecular flexibility index (Phi) is 36.1. The average molecular weight is 1560 g/mol. The highest BCUT2D eigenvalue weighted by atomic mass is 16.4. The molecule has 0 unspecified atom stereocenters. The number of aliphatic carboxylic acids is 1. The van der Waals surface area contributed by atoms with Gasteiger partial charge in [0.15, 0.2) is 11.9 Å². The van der Waals surface area contributed by atoms with Crippen molar-refractivity contribution in [1.82, 2.24) is 79.1 Å². The standard InChI is InChI=1S/C77H103N21O15/c1-4-5-22-54(93-75(113)65(44(2)3)98-66(104)53(78)34-47-26-29-52(99)30-27-47)67(105)88-42-63(101)90-60(38-51-40-84-43-89-51)73(111)96-58(36-46-18-10-7-11-19-46)71(109)91-56(24-15-32-86-77(82)83)70(108)95-59(37-48-25-28-49-20-12-13-21-50(49)33-48)72(110)97-61(39-64(102)103)74(112)92-55(23-14-31-85-76(80)81)69(107)94-57(68(106)87-41-62(79)100)35-45-16-8-6-9-17-45/h6-13,16-21,25-30,33,40,43-44,53-61,65,99H,4-5,14-15,22-24,31-32,34-39,41-42,78H2,1-3H3,(H2,79,100)(H,84,89)(H,87,106)(H,88,105)(H,90,101)(H,91,109)(H,92,112)(H,93,113)(H,94,107)(H,95,108)(H,96,111)(H,97,110)(H,98,104)(H,102,103)(H4,80,81,85)(H4,82,83,86)/t53-,54-,55-,56-,57-,58+,59+,60-,61-,65-/m0/s1. The number of H-pyrrole nitrogens is 1. The summed E-state index contributed by atoms with van der Waals surface area (Å²) in [6.07, 6.45) is 1.60. The Morgan fingerprint density at radius 2 is 0.867 bits per heavy atom. The van der Waals surface area contributed by atoms with Gasteiger partial charge in [-0.15, -0.1) is 0 Å². The van der Waals surface area contributed by atoms with E-state index in [2.05, 4.69) is 79.1 Å². The number of aromatic hydroxyl groups is 1. The molecule has 0 aliphatic heterocycles. The van der Waals surface area contributed by atoms with Gasteiger partial charge < -0.3 is 107 Å². The van der Waals surface area contributed by atoms with Gasteiger partial charge in [-0.3, -0.25) is 73.1 Å². The number of nitrogens with one attached hydrogen (secondary N) is 16. The molecule has 0 fully saturated rings. The molecule has 606 valence electrons. The summed E-state index contributed by atoms with van der Waals surface area (Å²) in [6, 6.07) is 20.7. The van der Waals surface area contributed by atoms with Gasteiger partial charge >= 0.3 is 5.97 Å². The lowest BCUT2D eigenvalue weighted by Crippen LogP contribution is -2.61. The van der Waals surface area contributed by atoms with Gasteiger partial charge in [0.05, 0.1) is 31.9 Å². The van der Waals surface area contributed by atoms with Crippen LogP contribution in [0.5, 0.6) is 5.75 Å². The van der Waals surface area contributed by atoms with Crippen molar-refractivity contribution in [3.05, 3.63) is 168 Å². The van der Waals surface area contributed by atoms with Crippen LogP contribution in [-0.4, -0.2) is 196 Å². The van der Waals surface area contributed by atoms with Crippen LogP contribution in [0, 0.1) is 16.7 Å². The summed E-state index contributed by atoms with van der Waals surface area (Å²) in [5.41, 5.74) is 25.2. The highest BCUT2D eigenvalue weighted by molar-refractivity contribution is 6.00. The van der Waals surface area contributed by atoms with Gasteiger partial charge in [-0.1, -0.05) is 149 Å². The van der Waals surface area contributed by atoms with E-state index >= 15 is 14.4 Å². The summed E-state index contributed by atoms with van der Waals surface area (Å²) in [4.78, 5) is 189. The number of carbonyl (C=O) groups is 13. The number of nitrogens with zero attached hydrogens (tertiary/aromatic N) is 1. The maximum absolute atomic E-state index is 15.2. The zero-order chi connectivity index (χ0) is 82.5. The van der Waals surface area contributed by atoms with Gasteiger partial charge in [-0.05, 0) is 89.6 Å². The second-order valence-electron chi connectivity index (χ2n) is 27.4. The topological polar surface area (TPSA) is 599 Å². The smallest absolute Gasteiger partial charge is 0.305 e. The number of phenols is 1. The van der Waals surface area contributed by atoms with Crippen LogP contribution in [0.3, 0.4) is 0 Å². The van der Waals surface area contributed by atoms with Crippen molar-refractivity contribution in [2.45, 2.75) is 165 Å². The number of phenolic OH excluding ortho intramolecular Hbond substituents is 1. The minimum atomic E-state index is -1.98. The molecule has 1 aromatic heterocycles. The lowest BCUT2D eigenvalue weighted by atomic mass is 9.99. The summed E-state index contributed by atoms with van der Waals surface area (Å²) in [6.45, 7) is 3.92. The normalized spacial score (nSPS) is 13.6. The van der Waals surface area contributed by atoms with E-state index in [0.717, 1.165) is 5.39 Å². The predicted octanol–water partition coefficient (Wildman–Crippen LogP) is -1.96. The number of aromatic nitrogens is 2. The molecule has 0 spiro atoms. The maximum Gasteiger partial charge on any atom is 0.305 e. The van der Waals surface area contributed by atoms with Crippen LogP contribution in [0.2, 0.25) is 0 Å². The number of primary amides is 1. The van der Waals surface area contributed by atoms with Crippen LogP contribution < -0.4 is 92.1 Å². The predicted molar refractivity (Wildman–Crippen MR) is 418 cm³/mol. The molecule has 6 aromatic rings. The number of rotatable bonds is 47. The number of benzene rings is 5.